The number of halogens is 1. The Labute approximate surface area is 77.4 Å². The molecule has 0 N–H and O–H groups in total. The van der Waals surface area contributed by atoms with Gasteiger partial charge in [0.15, 0.2) is 0 Å². The largest absolute Gasteiger partial charge is 2.00 e. The first kappa shape index (κ1) is 11.8. The van der Waals surface area contributed by atoms with Crippen LogP contribution in [0.25, 0.3) is 0 Å². The van der Waals surface area contributed by atoms with Crippen molar-refractivity contribution in [2.24, 2.45) is 0 Å². The van der Waals surface area contributed by atoms with Gasteiger partial charge in [0.25, 0.3) is 0 Å². The SMILES string of the molecule is [CH2-]c1ccccn1.[Cl-].[Mg+2]. The van der Waals surface area contributed by atoms with Crippen LogP contribution >= 0.6 is 0 Å². The molecule has 0 atom stereocenters. The van der Waals surface area contributed by atoms with Crippen LogP contribution in [-0.2, 0) is 0 Å². The fourth-order valence-electron chi connectivity index (χ4n) is 0.398. The third-order valence-corrected chi connectivity index (χ3v) is 0.726. The number of hydrogen-bond acceptors (Lipinski definition) is 1. The number of pyridine rings is 1. The van der Waals surface area contributed by atoms with Gasteiger partial charge in [-0.05, 0) is 0 Å². The molecular weight excluding hydrogens is 146 g/mol. The number of nitrogens with zero attached hydrogens (tertiary/aromatic N) is 1. The van der Waals surface area contributed by atoms with E-state index in [0.29, 0.717) is 0 Å². The van der Waals surface area contributed by atoms with Crippen LogP contribution in [0.15, 0.2) is 24.4 Å². The zero-order valence-corrected chi connectivity index (χ0v) is 7.22. The van der Waals surface area contributed by atoms with E-state index in [1.165, 1.54) is 0 Å². The standard InChI is InChI=1S/C6H6N.ClH.Mg/c1-6-4-2-3-5-7-6;;/h2-5H,1H2;1H;/q-1;;+2/p-1. The Kier molecular flexibility index (Phi) is 8.14. The first-order valence-corrected chi connectivity index (χ1v) is 2.12. The van der Waals surface area contributed by atoms with Crippen LogP contribution in [0.5, 0.6) is 0 Å². The number of hydrogen-bond donors (Lipinski definition) is 0. The van der Waals surface area contributed by atoms with Crippen molar-refractivity contribution in [2.75, 3.05) is 0 Å². The minimum absolute atomic E-state index is 0. The molecule has 0 aliphatic rings. The predicted molar refractivity (Wildman–Crippen MR) is 34.4 cm³/mol. The molecule has 1 aromatic rings. The molecule has 0 saturated heterocycles. The molecule has 0 aliphatic carbocycles. The van der Waals surface area contributed by atoms with Crippen molar-refractivity contribution in [3.8, 4) is 0 Å². The van der Waals surface area contributed by atoms with E-state index in [1.807, 2.05) is 18.2 Å². The molecule has 0 unspecified atom stereocenters. The van der Waals surface area contributed by atoms with Gasteiger partial charge in [0.1, 0.15) is 0 Å². The zero-order chi connectivity index (χ0) is 5.11. The summed E-state index contributed by atoms with van der Waals surface area (Å²) in [6.45, 7) is 3.61. The fraction of sp³-hybridized carbons (Fsp3) is 0. The Morgan fingerprint density at radius 1 is 1.33 bits per heavy atom. The van der Waals surface area contributed by atoms with E-state index in [1.54, 1.807) is 6.20 Å². The average Bonchev–Trinajstić information content (AvgIpc) is 1.69. The molecule has 1 nitrogen and oxygen atoms in total. The second-order valence-electron chi connectivity index (χ2n) is 1.32. The summed E-state index contributed by atoms with van der Waals surface area (Å²) in [6, 6.07) is 5.64. The topological polar surface area (TPSA) is 12.9 Å². The summed E-state index contributed by atoms with van der Waals surface area (Å²) in [6.07, 6.45) is 1.72. The van der Waals surface area contributed by atoms with Crippen molar-refractivity contribution >= 4 is 23.1 Å². The van der Waals surface area contributed by atoms with E-state index in [-0.39, 0.29) is 35.5 Å². The van der Waals surface area contributed by atoms with Crippen molar-refractivity contribution in [2.45, 2.75) is 0 Å². The van der Waals surface area contributed by atoms with Gasteiger partial charge < -0.3 is 12.4 Å². The van der Waals surface area contributed by atoms with Gasteiger partial charge in [-0.3, -0.25) is 4.98 Å². The molecule has 0 saturated carbocycles. The van der Waals surface area contributed by atoms with E-state index >= 15 is 0 Å². The molecule has 1 heterocycles. The van der Waals surface area contributed by atoms with Gasteiger partial charge in [0, 0.05) is 6.20 Å². The monoisotopic (exact) mass is 151 g/mol. The molecule has 44 valence electrons. The first-order valence-electron chi connectivity index (χ1n) is 2.12. The van der Waals surface area contributed by atoms with Crippen LogP contribution in [0.4, 0.5) is 0 Å². The smallest absolute Gasteiger partial charge is 1.00 e. The van der Waals surface area contributed by atoms with Crippen molar-refractivity contribution in [3.63, 3.8) is 0 Å². The van der Waals surface area contributed by atoms with E-state index in [9.17, 15) is 0 Å². The average molecular weight is 152 g/mol. The van der Waals surface area contributed by atoms with Crippen LogP contribution in [0.2, 0.25) is 0 Å². The molecule has 0 aromatic carbocycles. The van der Waals surface area contributed by atoms with Crippen LogP contribution in [0.1, 0.15) is 5.69 Å². The van der Waals surface area contributed by atoms with Crippen LogP contribution in [0.3, 0.4) is 0 Å². The second kappa shape index (κ2) is 6.20. The van der Waals surface area contributed by atoms with Crippen molar-refractivity contribution in [1.29, 1.82) is 0 Å². The van der Waals surface area contributed by atoms with Gasteiger partial charge >= 0.3 is 23.1 Å². The summed E-state index contributed by atoms with van der Waals surface area (Å²) in [7, 11) is 0. The normalized spacial score (nSPS) is 6.67. The number of aromatic nitrogens is 1. The van der Waals surface area contributed by atoms with Gasteiger partial charge in [-0.2, -0.15) is 6.07 Å². The molecule has 0 aliphatic heterocycles. The molecule has 0 amide bonds. The Morgan fingerprint density at radius 3 is 2.22 bits per heavy atom. The fourth-order valence-corrected chi connectivity index (χ4v) is 0.398. The molecular formula is C6H6ClMgN. The summed E-state index contributed by atoms with van der Waals surface area (Å²) in [5.41, 5.74) is 0.822. The summed E-state index contributed by atoms with van der Waals surface area (Å²) in [4.78, 5) is 3.87. The minimum Gasteiger partial charge on any atom is -1.00 e. The Balaban J connectivity index is 0. The minimum atomic E-state index is 0. The van der Waals surface area contributed by atoms with Crippen molar-refractivity contribution < 1.29 is 12.4 Å². The Morgan fingerprint density at radius 2 is 2.00 bits per heavy atom. The van der Waals surface area contributed by atoms with Crippen LogP contribution in [-0.4, -0.2) is 28.0 Å². The van der Waals surface area contributed by atoms with E-state index in [4.69, 9.17) is 0 Å². The number of rotatable bonds is 0. The van der Waals surface area contributed by atoms with Crippen LogP contribution in [0, 0.1) is 6.92 Å². The van der Waals surface area contributed by atoms with Crippen molar-refractivity contribution in [3.05, 3.63) is 37.0 Å². The van der Waals surface area contributed by atoms with Gasteiger partial charge in [-0.1, -0.05) is 6.07 Å². The van der Waals surface area contributed by atoms with Gasteiger partial charge in [0.2, 0.25) is 0 Å². The molecule has 0 bridgehead atoms. The quantitative estimate of drug-likeness (QED) is 0.306. The van der Waals surface area contributed by atoms with E-state index < -0.39 is 0 Å². The maximum absolute atomic E-state index is 3.87. The Bertz CT molecular complexity index is 143. The molecule has 0 spiro atoms. The predicted octanol–water partition coefficient (Wildman–Crippen LogP) is -2.11. The first-order chi connectivity index (χ1) is 3.39. The zero-order valence-electron chi connectivity index (χ0n) is 5.05. The second-order valence-corrected chi connectivity index (χ2v) is 1.32. The molecule has 1 aromatic heterocycles. The summed E-state index contributed by atoms with van der Waals surface area (Å²) in [5, 5.41) is 0. The van der Waals surface area contributed by atoms with Gasteiger partial charge in [-0.15, -0.1) is 11.8 Å². The molecule has 0 radical (unpaired) electrons. The molecule has 0 fully saturated rings. The van der Waals surface area contributed by atoms with Crippen LogP contribution < -0.4 is 12.4 Å². The maximum atomic E-state index is 3.87. The van der Waals surface area contributed by atoms with Gasteiger partial charge in [0.05, 0.1) is 0 Å². The Hall–Kier alpha value is 0.0762. The summed E-state index contributed by atoms with van der Waals surface area (Å²) >= 11 is 0. The van der Waals surface area contributed by atoms with E-state index in [0.717, 1.165) is 5.69 Å². The maximum Gasteiger partial charge on any atom is 2.00 e. The molecule has 9 heavy (non-hydrogen) atoms. The third kappa shape index (κ3) is 4.57. The molecule has 1 rings (SSSR count). The van der Waals surface area contributed by atoms with Gasteiger partial charge in [-0.25, -0.2) is 6.92 Å². The summed E-state index contributed by atoms with van der Waals surface area (Å²) in [5.74, 6) is 0. The van der Waals surface area contributed by atoms with E-state index in [2.05, 4.69) is 11.9 Å². The summed E-state index contributed by atoms with van der Waals surface area (Å²) < 4.78 is 0. The molecule has 3 heteroatoms. The third-order valence-electron chi connectivity index (χ3n) is 0.726. The van der Waals surface area contributed by atoms with Crippen molar-refractivity contribution in [1.82, 2.24) is 4.98 Å².